The largest absolute Gasteiger partial charge is 0.396 e. The Morgan fingerprint density at radius 3 is 2.82 bits per heavy atom. The molecular formula is C27H31ClN4O4S2. The van der Waals surface area contributed by atoms with Crippen LogP contribution in [0.2, 0.25) is 5.15 Å². The van der Waals surface area contributed by atoms with Crippen LogP contribution in [0.3, 0.4) is 0 Å². The summed E-state index contributed by atoms with van der Waals surface area (Å²) in [5.74, 6) is -0.701. The Kier molecular flexibility index (Phi) is 7.63. The number of thiophene rings is 1. The maximum absolute atomic E-state index is 13.2. The third kappa shape index (κ3) is 5.00. The molecule has 2 aliphatic rings. The van der Waals surface area contributed by atoms with Crippen LogP contribution in [0, 0.1) is 16.7 Å². The van der Waals surface area contributed by atoms with Gasteiger partial charge >= 0.3 is 0 Å². The lowest BCUT2D eigenvalue weighted by Crippen LogP contribution is -2.57. The minimum absolute atomic E-state index is 0.0608. The smallest absolute Gasteiger partial charge is 0.257 e. The van der Waals surface area contributed by atoms with Gasteiger partial charge in [0.15, 0.2) is 5.13 Å². The number of nitrogens with zero attached hydrogens (tertiary/aromatic N) is 2. The maximum atomic E-state index is 13.2. The highest BCUT2D eigenvalue weighted by Crippen LogP contribution is 2.62. The van der Waals surface area contributed by atoms with E-state index in [9.17, 15) is 19.8 Å². The Labute approximate surface area is 234 Å². The third-order valence-electron chi connectivity index (χ3n) is 8.53. The molecule has 38 heavy (non-hydrogen) atoms. The number of hydrogen-bond donors (Lipinski definition) is 4. The molecule has 2 aliphatic carbocycles. The predicted molar refractivity (Wildman–Crippen MR) is 149 cm³/mol. The van der Waals surface area contributed by atoms with E-state index in [1.54, 1.807) is 17.4 Å². The van der Waals surface area contributed by atoms with Crippen LogP contribution in [0.5, 0.6) is 0 Å². The summed E-state index contributed by atoms with van der Waals surface area (Å²) in [7, 11) is 0. The van der Waals surface area contributed by atoms with Crippen molar-refractivity contribution < 1.29 is 19.8 Å². The molecule has 2 amide bonds. The van der Waals surface area contributed by atoms with E-state index < -0.39 is 11.5 Å². The molecule has 202 valence electrons. The summed E-state index contributed by atoms with van der Waals surface area (Å²) in [4.78, 5) is 36.9. The zero-order chi connectivity index (χ0) is 27.1. The van der Waals surface area contributed by atoms with Crippen molar-refractivity contribution in [1.29, 1.82) is 0 Å². The van der Waals surface area contributed by atoms with Gasteiger partial charge in [-0.15, -0.1) is 22.7 Å². The summed E-state index contributed by atoms with van der Waals surface area (Å²) in [6, 6.07) is 7.02. The van der Waals surface area contributed by atoms with Crippen LogP contribution >= 0.6 is 34.3 Å². The van der Waals surface area contributed by atoms with Crippen molar-refractivity contribution in [2.75, 3.05) is 11.9 Å². The van der Waals surface area contributed by atoms with Crippen LogP contribution in [-0.2, 0) is 17.8 Å². The third-order valence-corrected chi connectivity index (χ3v) is 10.6. The average molecular weight is 575 g/mol. The molecule has 0 bridgehead atoms. The summed E-state index contributed by atoms with van der Waals surface area (Å²) in [5.41, 5.74) is 0.120. The summed E-state index contributed by atoms with van der Waals surface area (Å²) in [6.07, 6.45) is 2.95. The van der Waals surface area contributed by atoms with E-state index in [2.05, 4.69) is 22.5 Å². The standard InChI is InChI=1S/C27H31ClN4O4S2/c1-26-7-5-20(34)27(2,14-33)19(26)12-18-23(17(26)11-22(35)30-13-16-4-3-9-37-16)31-25(38-18)32-24(36)15-6-8-29-21(28)10-15/h3-4,6,8-10,17,19-20,33-34H,5,7,11-14H2,1-2H3,(H,30,35)(H,31,32,36)/t17-,19+,20-,26+,27+/m1/s1. The molecule has 0 aliphatic heterocycles. The quantitative estimate of drug-likeness (QED) is 0.305. The fourth-order valence-corrected chi connectivity index (χ4v) is 8.15. The number of aliphatic hydroxyl groups excluding tert-OH is 2. The normalized spacial score (nSPS) is 28.3. The molecule has 3 heterocycles. The predicted octanol–water partition coefficient (Wildman–Crippen LogP) is 4.63. The minimum Gasteiger partial charge on any atom is -0.396 e. The molecule has 0 radical (unpaired) electrons. The van der Waals surface area contributed by atoms with Crippen molar-refractivity contribution in [3.8, 4) is 0 Å². The second kappa shape index (κ2) is 10.7. The number of anilines is 1. The molecule has 0 saturated heterocycles. The molecule has 8 nitrogen and oxygen atoms in total. The summed E-state index contributed by atoms with van der Waals surface area (Å²) in [5, 5.41) is 29.9. The van der Waals surface area contributed by atoms with Gasteiger partial charge in [-0.3, -0.25) is 14.9 Å². The van der Waals surface area contributed by atoms with E-state index in [0.29, 0.717) is 36.5 Å². The Hall–Kier alpha value is -2.37. The van der Waals surface area contributed by atoms with E-state index in [1.807, 2.05) is 24.4 Å². The number of carbonyl (C=O) groups is 2. The van der Waals surface area contributed by atoms with Gasteiger partial charge in [-0.05, 0) is 54.2 Å². The van der Waals surface area contributed by atoms with E-state index in [0.717, 1.165) is 15.4 Å². The van der Waals surface area contributed by atoms with Gasteiger partial charge in [-0.25, -0.2) is 9.97 Å². The molecule has 3 aromatic heterocycles. The van der Waals surface area contributed by atoms with E-state index >= 15 is 0 Å². The van der Waals surface area contributed by atoms with Gasteiger partial charge in [0, 0.05) is 39.3 Å². The monoisotopic (exact) mass is 574 g/mol. The Balaban J connectivity index is 1.46. The number of thiazole rings is 1. The van der Waals surface area contributed by atoms with Crippen molar-refractivity contribution >= 4 is 51.2 Å². The lowest BCUT2D eigenvalue weighted by atomic mass is 9.47. The molecule has 0 unspecified atom stereocenters. The number of hydrogen-bond acceptors (Lipinski definition) is 8. The van der Waals surface area contributed by atoms with Crippen LogP contribution in [-0.4, -0.2) is 44.7 Å². The average Bonchev–Trinajstić information content (AvgIpc) is 3.56. The fraction of sp³-hybridized carbons (Fsp3) is 0.481. The van der Waals surface area contributed by atoms with Crippen molar-refractivity contribution in [3.05, 3.63) is 62.0 Å². The number of rotatable bonds is 7. The van der Waals surface area contributed by atoms with Gasteiger partial charge in [0.2, 0.25) is 5.91 Å². The molecule has 1 saturated carbocycles. The van der Waals surface area contributed by atoms with Crippen LogP contribution in [0.15, 0.2) is 35.8 Å². The van der Waals surface area contributed by atoms with E-state index in [4.69, 9.17) is 16.6 Å². The minimum atomic E-state index is -0.711. The molecule has 0 aromatic carbocycles. The molecule has 3 aromatic rings. The number of amides is 2. The Morgan fingerprint density at radius 2 is 2.11 bits per heavy atom. The van der Waals surface area contributed by atoms with Crippen LogP contribution < -0.4 is 10.6 Å². The number of pyridine rings is 1. The highest BCUT2D eigenvalue weighted by atomic mass is 35.5. The summed E-state index contributed by atoms with van der Waals surface area (Å²) >= 11 is 8.94. The van der Waals surface area contributed by atoms with Crippen LogP contribution in [0.4, 0.5) is 5.13 Å². The van der Waals surface area contributed by atoms with Gasteiger partial charge < -0.3 is 15.5 Å². The van der Waals surface area contributed by atoms with Crippen molar-refractivity contribution in [3.63, 3.8) is 0 Å². The number of nitrogens with one attached hydrogen (secondary N) is 2. The lowest BCUT2D eigenvalue weighted by molar-refractivity contribution is -0.144. The van der Waals surface area contributed by atoms with Crippen LogP contribution in [0.1, 0.15) is 64.8 Å². The molecule has 5 atom stereocenters. The molecule has 1 fully saturated rings. The zero-order valence-corrected chi connectivity index (χ0v) is 23.6. The summed E-state index contributed by atoms with van der Waals surface area (Å²) < 4.78 is 0. The first-order valence-electron chi connectivity index (χ1n) is 12.6. The second-order valence-corrected chi connectivity index (χ2v) is 13.2. The van der Waals surface area contributed by atoms with E-state index in [-0.39, 0.29) is 47.2 Å². The first-order chi connectivity index (χ1) is 18.1. The van der Waals surface area contributed by atoms with Gasteiger partial charge in [0.1, 0.15) is 5.15 Å². The van der Waals surface area contributed by atoms with Gasteiger partial charge in [-0.1, -0.05) is 31.5 Å². The number of carbonyl (C=O) groups excluding carboxylic acids is 2. The van der Waals surface area contributed by atoms with Crippen LogP contribution in [0.25, 0.3) is 0 Å². The topological polar surface area (TPSA) is 124 Å². The number of aromatic nitrogens is 2. The van der Waals surface area contributed by atoms with Gasteiger partial charge in [-0.2, -0.15) is 0 Å². The Bertz CT molecular complexity index is 1330. The summed E-state index contributed by atoms with van der Waals surface area (Å²) in [6.45, 7) is 4.42. The molecular weight excluding hydrogens is 544 g/mol. The fourth-order valence-electron chi connectivity index (χ4n) is 6.27. The number of aliphatic hydroxyl groups is 2. The number of fused-ring (bicyclic) bond motifs is 2. The zero-order valence-electron chi connectivity index (χ0n) is 21.2. The second-order valence-electron chi connectivity index (χ2n) is 10.7. The first kappa shape index (κ1) is 27.2. The number of halogens is 1. The molecule has 5 rings (SSSR count). The van der Waals surface area contributed by atoms with Gasteiger partial charge in [0.05, 0.1) is 24.9 Å². The maximum Gasteiger partial charge on any atom is 0.257 e. The van der Waals surface area contributed by atoms with Crippen molar-refractivity contribution in [2.24, 2.45) is 16.7 Å². The first-order valence-corrected chi connectivity index (χ1v) is 14.7. The molecule has 0 spiro atoms. The SMILES string of the molecule is C[C@]1(CO)[C@H]2Cc3sc(NC(=O)c4ccnc(Cl)c4)nc3[C@@H](CC(=O)NCc3cccs3)[C@]2(C)CC[C@H]1O. The van der Waals surface area contributed by atoms with Crippen molar-refractivity contribution in [1.82, 2.24) is 15.3 Å². The van der Waals surface area contributed by atoms with Gasteiger partial charge in [0.25, 0.3) is 5.91 Å². The lowest BCUT2D eigenvalue weighted by Gasteiger charge is -2.58. The molecule has 4 N–H and O–H groups in total. The van der Waals surface area contributed by atoms with E-state index in [1.165, 1.54) is 23.6 Å². The highest BCUT2D eigenvalue weighted by Gasteiger charge is 2.59. The highest BCUT2D eigenvalue weighted by molar-refractivity contribution is 7.16. The van der Waals surface area contributed by atoms with Crippen molar-refractivity contribution in [2.45, 2.75) is 58.1 Å². The Morgan fingerprint density at radius 1 is 1.29 bits per heavy atom. The molecule has 11 heteroatoms.